The number of hydrogen-bond donors (Lipinski definition) is 1. The Hall–Kier alpha value is -2.46. The first-order valence-electron chi connectivity index (χ1n) is 12.3. The molecule has 0 radical (unpaired) electrons. The summed E-state index contributed by atoms with van der Waals surface area (Å²) in [6.45, 7) is 1.14. The summed E-state index contributed by atoms with van der Waals surface area (Å²) in [5, 5.41) is 10.1. The second kappa shape index (κ2) is 7.55. The minimum atomic E-state index is -1.04. The zero-order valence-electron chi connectivity index (χ0n) is 18.5. The van der Waals surface area contributed by atoms with Crippen LogP contribution in [0, 0.1) is 11.8 Å². The summed E-state index contributed by atoms with van der Waals surface area (Å²) < 4.78 is 0. The summed E-state index contributed by atoms with van der Waals surface area (Å²) in [6, 6.07) is 17.7. The van der Waals surface area contributed by atoms with Crippen molar-refractivity contribution in [1.82, 2.24) is 0 Å². The van der Waals surface area contributed by atoms with Crippen molar-refractivity contribution in [2.75, 3.05) is 11.4 Å². The van der Waals surface area contributed by atoms with E-state index in [1.165, 1.54) is 29.7 Å². The zero-order chi connectivity index (χ0) is 21.9. The van der Waals surface area contributed by atoms with Gasteiger partial charge in [-0.1, -0.05) is 42.5 Å². The molecule has 4 nitrogen and oxygen atoms in total. The molecule has 2 aromatic carbocycles. The van der Waals surface area contributed by atoms with Crippen LogP contribution in [0.25, 0.3) is 0 Å². The van der Waals surface area contributed by atoms with Gasteiger partial charge in [0, 0.05) is 41.6 Å². The predicted molar refractivity (Wildman–Crippen MR) is 124 cm³/mol. The van der Waals surface area contributed by atoms with Crippen molar-refractivity contribution in [3.05, 3.63) is 65.2 Å². The maximum atomic E-state index is 13.2. The van der Waals surface area contributed by atoms with Crippen molar-refractivity contribution in [2.24, 2.45) is 11.8 Å². The molecule has 0 aromatic heterocycles. The number of Topliss-reactive ketones (excluding diaryl/α,β-unsaturated/α-hetero) is 2. The van der Waals surface area contributed by atoms with Crippen molar-refractivity contribution in [3.63, 3.8) is 0 Å². The Morgan fingerprint density at radius 1 is 0.875 bits per heavy atom. The van der Waals surface area contributed by atoms with E-state index in [0.29, 0.717) is 24.8 Å². The molecule has 1 N–H and O–H groups in total. The third kappa shape index (κ3) is 3.23. The summed E-state index contributed by atoms with van der Waals surface area (Å²) in [5.41, 5.74) is 3.85. The number of nitrogens with zero attached hydrogens (tertiary/aromatic N) is 1. The van der Waals surface area contributed by atoms with Gasteiger partial charge < -0.3 is 10.0 Å². The summed E-state index contributed by atoms with van der Waals surface area (Å²) in [4.78, 5) is 28.1. The van der Waals surface area contributed by atoms with Gasteiger partial charge in [-0.2, -0.15) is 0 Å². The number of rotatable bonds is 5. The number of hydrogen-bond acceptors (Lipinski definition) is 4. The maximum absolute atomic E-state index is 13.2. The molecule has 2 atom stereocenters. The van der Waals surface area contributed by atoms with E-state index in [1.54, 1.807) is 0 Å². The highest BCUT2D eigenvalue weighted by Gasteiger charge is 2.50. The van der Waals surface area contributed by atoms with Crippen LogP contribution in [0.5, 0.6) is 0 Å². The minimum absolute atomic E-state index is 0.00345. The van der Waals surface area contributed by atoms with Gasteiger partial charge in [0.25, 0.3) is 0 Å². The number of aliphatic hydroxyl groups is 1. The van der Waals surface area contributed by atoms with E-state index in [2.05, 4.69) is 41.3 Å². The molecular formula is C28H31NO3. The summed E-state index contributed by atoms with van der Waals surface area (Å²) in [5.74, 6) is 0.543. The van der Waals surface area contributed by atoms with Gasteiger partial charge in [-0.3, -0.25) is 9.59 Å². The Morgan fingerprint density at radius 2 is 1.56 bits per heavy atom. The monoisotopic (exact) mass is 429 g/mol. The Bertz CT molecular complexity index is 1050. The lowest BCUT2D eigenvalue weighted by molar-refractivity contribution is -0.134. The number of anilines is 1. The van der Waals surface area contributed by atoms with Gasteiger partial charge in [0.1, 0.15) is 5.60 Å². The van der Waals surface area contributed by atoms with Crippen molar-refractivity contribution in [1.29, 1.82) is 0 Å². The van der Waals surface area contributed by atoms with Gasteiger partial charge in [-0.15, -0.1) is 0 Å². The molecule has 2 aromatic rings. The Labute approximate surface area is 189 Å². The number of carbonyl (C=O) groups is 2. The molecule has 166 valence electrons. The van der Waals surface area contributed by atoms with Crippen molar-refractivity contribution in [3.8, 4) is 0 Å². The molecule has 4 aliphatic rings. The van der Waals surface area contributed by atoms with E-state index in [9.17, 15) is 14.7 Å². The normalized spacial score (nSPS) is 30.0. The lowest BCUT2D eigenvalue weighted by Gasteiger charge is -2.28. The van der Waals surface area contributed by atoms with E-state index >= 15 is 0 Å². The molecule has 4 heteroatoms. The van der Waals surface area contributed by atoms with Gasteiger partial charge in [0.05, 0.1) is 0 Å². The lowest BCUT2D eigenvalue weighted by Crippen LogP contribution is -2.33. The van der Waals surface area contributed by atoms with Gasteiger partial charge in [0.15, 0.2) is 11.6 Å². The average molecular weight is 430 g/mol. The van der Waals surface area contributed by atoms with Crippen LogP contribution in [0.4, 0.5) is 5.69 Å². The molecule has 2 saturated carbocycles. The molecule has 0 bridgehead atoms. The first-order valence-corrected chi connectivity index (χ1v) is 12.3. The molecule has 3 fully saturated rings. The topological polar surface area (TPSA) is 57.6 Å². The van der Waals surface area contributed by atoms with Crippen LogP contribution in [-0.2, 0) is 4.79 Å². The summed E-state index contributed by atoms with van der Waals surface area (Å²) in [7, 11) is 0. The highest BCUT2D eigenvalue weighted by atomic mass is 16.3. The van der Waals surface area contributed by atoms with Gasteiger partial charge >= 0.3 is 0 Å². The molecule has 32 heavy (non-hydrogen) atoms. The second-order valence-electron chi connectivity index (χ2n) is 10.4. The lowest BCUT2D eigenvalue weighted by atomic mass is 9.76. The average Bonchev–Trinajstić information content (AvgIpc) is 3.28. The van der Waals surface area contributed by atoms with Gasteiger partial charge in [0.2, 0.25) is 0 Å². The van der Waals surface area contributed by atoms with Crippen LogP contribution in [0.15, 0.2) is 48.5 Å². The van der Waals surface area contributed by atoms with Crippen molar-refractivity contribution >= 4 is 17.3 Å². The van der Waals surface area contributed by atoms with Crippen molar-refractivity contribution < 1.29 is 14.7 Å². The van der Waals surface area contributed by atoms with E-state index < -0.39 is 5.60 Å². The van der Waals surface area contributed by atoms with Gasteiger partial charge in [-0.25, -0.2) is 0 Å². The molecule has 2 heterocycles. The van der Waals surface area contributed by atoms with Gasteiger partial charge in [-0.05, 0) is 68.6 Å². The minimum Gasteiger partial charge on any atom is -0.382 e. The second-order valence-corrected chi connectivity index (χ2v) is 10.4. The standard InChI is InChI=1S/C28H31NO3/c30-26(20-11-13-21(14-12-20)27(31)28(32)15-16-28)19-9-7-18(8-10-19)25-22-4-1-2-5-23(22)29-17-3-6-24(25)29/h1-2,4-5,7-10,20-21,24-25,32H,3,6,11-17H2. The van der Waals surface area contributed by atoms with E-state index in [4.69, 9.17) is 0 Å². The van der Waals surface area contributed by atoms with E-state index in [-0.39, 0.29) is 23.4 Å². The third-order valence-corrected chi connectivity index (χ3v) is 8.47. The first kappa shape index (κ1) is 20.2. The van der Waals surface area contributed by atoms with Crippen molar-refractivity contribution in [2.45, 2.75) is 68.9 Å². The largest absolute Gasteiger partial charge is 0.382 e. The third-order valence-electron chi connectivity index (χ3n) is 8.47. The number of carbonyl (C=O) groups excluding carboxylic acids is 2. The zero-order valence-corrected chi connectivity index (χ0v) is 18.5. The smallest absolute Gasteiger partial charge is 0.167 e. The summed E-state index contributed by atoms with van der Waals surface area (Å²) >= 11 is 0. The first-order chi connectivity index (χ1) is 15.5. The molecular weight excluding hydrogens is 398 g/mol. The van der Waals surface area contributed by atoms with Crippen LogP contribution in [0.2, 0.25) is 0 Å². The quantitative estimate of drug-likeness (QED) is 0.688. The number of benzene rings is 2. The molecule has 0 spiro atoms. The molecule has 2 aliphatic carbocycles. The maximum Gasteiger partial charge on any atom is 0.167 e. The molecule has 0 amide bonds. The van der Waals surface area contributed by atoms with Crippen LogP contribution >= 0.6 is 0 Å². The fraction of sp³-hybridized carbons (Fsp3) is 0.500. The SMILES string of the molecule is O=C(c1ccc(C2c3ccccc3N3CCCC23)cc1)C1CCC(C(=O)C2(O)CC2)CC1. The molecule has 2 unspecified atom stereocenters. The van der Waals surface area contributed by atoms with Crippen LogP contribution in [0.1, 0.15) is 78.8 Å². The van der Waals surface area contributed by atoms with Crippen LogP contribution in [0.3, 0.4) is 0 Å². The van der Waals surface area contributed by atoms with E-state index in [1.807, 2.05) is 12.1 Å². The van der Waals surface area contributed by atoms with Crippen LogP contribution in [-0.4, -0.2) is 34.9 Å². The van der Waals surface area contributed by atoms with Crippen LogP contribution < -0.4 is 4.90 Å². The predicted octanol–water partition coefficient (Wildman–Crippen LogP) is 4.88. The number of para-hydroxylation sites is 1. The fourth-order valence-electron chi connectivity index (χ4n) is 6.51. The Balaban J connectivity index is 1.15. The molecule has 2 aliphatic heterocycles. The summed E-state index contributed by atoms with van der Waals surface area (Å²) in [6.07, 6.45) is 6.65. The Morgan fingerprint density at radius 3 is 2.28 bits per heavy atom. The molecule has 6 rings (SSSR count). The highest BCUT2D eigenvalue weighted by molar-refractivity contribution is 5.98. The number of ketones is 2. The number of fused-ring (bicyclic) bond motifs is 3. The fourth-order valence-corrected chi connectivity index (χ4v) is 6.51. The molecule has 1 saturated heterocycles. The van der Waals surface area contributed by atoms with E-state index in [0.717, 1.165) is 37.8 Å². The Kier molecular flexibility index (Phi) is 4.76. The highest BCUT2D eigenvalue weighted by Crippen LogP contribution is 2.48.